The van der Waals surface area contributed by atoms with E-state index in [0.717, 1.165) is 11.1 Å². The number of carboxylic acid groups (broad SMARTS) is 1. The van der Waals surface area contributed by atoms with Gasteiger partial charge in [0, 0.05) is 0 Å². The maximum atomic E-state index is 11.0. The van der Waals surface area contributed by atoms with Crippen molar-refractivity contribution in [1.82, 2.24) is 0 Å². The van der Waals surface area contributed by atoms with Crippen LogP contribution in [-0.4, -0.2) is 16.2 Å². The maximum absolute atomic E-state index is 11.0. The molecule has 2 N–H and O–H groups in total. The molecule has 0 saturated carbocycles. The van der Waals surface area contributed by atoms with E-state index in [1.807, 2.05) is 20.8 Å². The Hall–Kier alpha value is -1.51. The quantitative estimate of drug-likeness (QED) is 0.802. The van der Waals surface area contributed by atoms with Crippen molar-refractivity contribution in [3.05, 3.63) is 28.8 Å². The highest BCUT2D eigenvalue weighted by molar-refractivity contribution is 5.90. The van der Waals surface area contributed by atoms with Crippen LogP contribution in [-0.2, 0) is 6.42 Å². The largest absolute Gasteiger partial charge is 0.508 e. The van der Waals surface area contributed by atoms with Crippen molar-refractivity contribution in [1.29, 1.82) is 0 Å². The fourth-order valence-corrected chi connectivity index (χ4v) is 1.67. The molecule has 0 atom stereocenters. The molecule has 0 aliphatic carbocycles. The second-order valence-electron chi connectivity index (χ2n) is 4.19. The van der Waals surface area contributed by atoms with E-state index in [-0.39, 0.29) is 11.3 Å². The third-order valence-corrected chi connectivity index (χ3v) is 2.30. The molecule has 3 heteroatoms. The number of carbonyl (C=O) groups is 1. The zero-order valence-electron chi connectivity index (χ0n) is 9.24. The van der Waals surface area contributed by atoms with E-state index in [0.29, 0.717) is 12.3 Å². The Kier molecular flexibility index (Phi) is 3.35. The van der Waals surface area contributed by atoms with Gasteiger partial charge in [-0.2, -0.15) is 0 Å². The van der Waals surface area contributed by atoms with Crippen LogP contribution in [0.5, 0.6) is 5.75 Å². The molecule has 1 aromatic rings. The first-order valence-electron chi connectivity index (χ1n) is 4.97. The van der Waals surface area contributed by atoms with Crippen LogP contribution in [0.4, 0.5) is 0 Å². The van der Waals surface area contributed by atoms with Gasteiger partial charge in [0.15, 0.2) is 0 Å². The number of aromatic carboxylic acids is 1. The monoisotopic (exact) mass is 208 g/mol. The number of benzene rings is 1. The molecular weight excluding hydrogens is 192 g/mol. The third kappa shape index (κ3) is 2.72. The lowest BCUT2D eigenvalue weighted by atomic mass is 9.93. The number of aromatic hydroxyl groups is 1. The van der Waals surface area contributed by atoms with Gasteiger partial charge in [0.2, 0.25) is 0 Å². The number of hydrogen-bond acceptors (Lipinski definition) is 2. The summed E-state index contributed by atoms with van der Waals surface area (Å²) in [6, 6.07) is 2.91. The Morgan fingerprint density at radius 3 is 2.47 bits per heavy atom. The van der Waals surface area contributed by atoms with Gasteiger partial charge in [0.1, 0.15) is 5.75 Å². The Morgan fingerprint density at radius 2 is 2.00 bits per heavy atom. The van der Waals surface area contributed by atoms with Crippen LogP contribution in [0.2, 0.25) is 0 Å². The summed E-state index contributed by atoms with van der Waals surface area (Å²) in [7, 11) is 0. The molecule has 0 saturated heterocycles. The lowest BCUT2D eigenvalue weighted by Crippen LogP contribution is -2.07. The summed E-state index contributed by atoms with van der Waals surface area (Å²) in [5.74, 6) is -0.576. The molecule has 0 heterocycles. The molecule has 0 aliphatic heterocycles. The number of hydrogen-bond donors (Lipinski definition) is 2. The number of aryl methyl sites for hydroxylation is 1. The Bertz CT molecular complexity index is 381. The van der Waals surface area contributed by atoms with Crippen molar-refractivity contribution in [2.45, 2.75) is 27.2 Å². The summed E-state index contributed by atoms with van der Waals surface area (Å²) in [5.41, 5.74) is 1.86. The van der Waals surface area contributed by atoms with Gasteiger partial charge in [-0.1, -0.05) is 13.8 Å². The first-order valence-corrected chi connectivity index (χ1v) is 4.97. The summed E-state index contributed by atoms with van der Waals surface area (Å²) in [5, 5.41) is 18.4. The molecule has 0 spiro atoms. The molecule has 0 aromatic heterocycles. The number of rotatable bonds is 3. The molecule has 0 fully saturated rings. The Labute approximate surface area is 89.4 Å². The zero-order valence-corrected chi connectivity index (χ0v) is 9.24. The van der Waals surface area contributed by atoms with Gasteiger partial charge in [-0.15, -0.1) is 0 Å². The second-order valence-corrected chi connectivity index (χ2v) is 4.19. The molecule has 1 aromatic carbocycles. The minimum absolute atomic E-state index is 0.0115. The van der Waals surface area contributed by atoms with Gasteiger partial charge in [-0.05, 0) is 42.5 Å². The maximum Gasteiger partial charge on any atom is 0.336 e. The van der Waals surface area contributed by atoms with Crippen molar-refractivity contribution in [3.63, 3.8) is 0 Å². The van der Waals surface area contributed by atoms with Crippen LogP contribution in [0.3, 0.4) is 0 Å². The normalized spacial score (nSPS) is 10.7. The highest BCUT2D eigenvalue weighted by Crippen LogP contribution is 2.23. The highest BCUT2D eigenvalue weighted by atomic mass is 16.4. The van der Waals surface area contributed by atoms with E-state index in [4.69, 9.17) is 5.11 Å². The van der Waals surface area contributed by atoms with Gasteiger partial charge in [-0.3, -0.25) is 0 Å². The molecule has 0 aliphatic rings. The molecular formula is C12H16O3. The third-order valence-electron chi connectivity index (χ3n) is 2.30. The second kappa shape index (κ2) is 4.34. The number of phenolic OH excluding ortho intramolecular Hbond substituents is 1. The molecule has 0 unspecified atom stereocenters. The molecule has 0 radical (unpaired) electrons. The van der Waals surface area contributed by atoms with Crippen molar-refractivity contribution in [2.75, 3.05) is 0 Å². The SMILES string of the molecule is Cc1cc(O)cc(C(=O)O)c1CC(C)C. The molecule has 15 heavy (non-hydrogen) atoms. The van der Waals surface area contributed by atoms with Crippen molar-refractivity contribution in [3.8, 4) is 5.75 Å². The van der Waals surface area contributed by atoms with E-state index in [1.165, 1.54) is 6.07 Å². The minimum Gasteiger partial charge on any atom is -0.508 e. The predicted octanol–water partition coefficient (Wildman–Crippen LogP) is 2.60. The summed E-state index contributed by atoms with van der Waals surface area (Å²) in [6.45, 7) is 5.90. The van der Waals surface area contributed by atoms with Gasteiger partial charge in [0.05, 0.1) is 5.56 Å². The van der Waals surface area contributed by atoms with E-state index in [9.17, 15) is 9.90 Å². The van der Waals surface area contributed by atoms with Crippen LogP contribution in [0.25, 0.3) is 0 Å². The first kappa shape index (κ1) is 11.6. The van der Waals surface area contributed by atoms with Gasteiger partial charge >= 0.3 is 5.97 Å². The fraction of sp³-hybridized carbons (Fsp3) is 0.417. The summed E-state index contributed by atoms with van der Waals surface area (Å²) >= 11 is 0. The Morgan fingerprint density at radius 1 is 1.40 bits per heavy atom. The molecule has 0 amide bonds. The van der Waals surface area contributed by atoms with E-state index < -0.39 is 5.97 Å². The average molecular weight is 208 g/mol. The highest BCUT2D eigenvalue weighted by Gasteiger charge is 2.14. The zero-order chi connectivity index (χ0) is 11.6. The number of carboxylic acids is 1. The molecule has 3 nitrogen and oxygen atoms in total. The van der Waals surface area contributed by atoms with E-state index in [2.05, 4.69) is 0 Å². The van der Waals surface area contributed by atoms with Crippen molar-refractivity contribution in [2.24, 2.45) is 5.92 Å². The smallest absolute Gasteiger partial charge is 0.336 e. The van der Waals surface area contributed by atoms with Gasteiger partial charge in [0.25, 0.3) is 0 Å². The molecule has 82 valence electrons. The summed E-state index contributed by atoms with van der Waals surface area (Å²) in [4.78, 5) is 11.0. The van der Waals surface area contributed by atoms with Crippen molar-refractivity contribution < 1.29 is 15.0 Å². The van der Waals surface area contributed by atoms with Crippen LogP contribution in [0, 0.1) is 12.8 Å². The van der Waals surface area contributed by atoms with Crippen LogP contribution in [0.15, 0.2) is 12.1 Å². The topological polar surface area (TPSA) is 57.5 Å². The lowest BCUT2D eigenvalue weighted by molar-refractivity contribution is 0.0695. The summed E-state index contributed by atoms with van der Waals surface area (Å²) in [6.07, 6.45) is 0.716. The van der Waals surface area contributed by atoms with Gasteiger partial charge < -0.3 is 10.2 Å². The molecule has 1 rings (SSSR count). The lowest BCUT2D eigenvalue weighted by Gasteiger charge is -2.12. The fourth-order valence-electron chi connectivity index (χ4n) is 1.67. The van der Waals surface area contributed by atoms with Crippen LogP contribution in [0.1, 0.15) is 35.3 Å². The summed E-state index contributed by atoms with van der Waals surface area (Å²) < 4.78 is 0. The standard InChI is InChI=1S/C12H16O3/c1-7(2)4-10-8(3)5-9(13)6-11(10)12(14)15/h5-7,13H,4H2,1-3H3,(H,14,15). The first-order chi connectivity index (χ1) is 6.91. The van der Waals surface area contributed by atoms with Crippen LogP contribution < -0.4 is 0 Å². The predicted molar refractivity (Wildman–Crippen MR) is 58.3 cm³/mol. The van der Waals surface area contributed by atoms with Gasteiger partial charge in [-0.25, -0.2) is 4.79 Å². The van der Waals surface area contributed by atoms with Crippen molar-refractivity contribution >= 4 is 5.97 Å². The average Bonchev–Trinajstić information content (AvgIpc) is 2.08. The molecule has 0 bridgehead atoms. The Balaban J connectivity index is 3.27. The van der Waals surface area contributed by atoms with E-state index in [1.54, 1.807) is 6.07 Å². The van der Waals surface area contributed by atoms with Crippen LogP contribution >= 0.6 is 0 Å². The minimum atomic E-state index is -0.982. The van der Waals surface area contributed by atoms with E-state index >= 15 is 0 Å². The number of phenols is 1.